The van der Waals surface area contributed by atoms with Crippen molar-refractivity contribution in [2.75, 3.05) is 14.1 Å². The van der Waals surface area contributed by atoms with Gasteiger partial charge < -0.3 is 25.8 Å². The van der Waals surface area contributed by atoms with Crippen molar-refractivity contribution in [1.82, 2.24) is 4.90 Å². The number of nitrogens with two attached hydrogens (primary N) is 1. The summed E-state index contributed by atoms with van der Waals surface area (Å²) in [7, 11) is 3.43. The highest BCUT2D eigenvalue weighted by Gasteiger charge is 2.63. The number of carbonyl (C=O) groups excluding carboxylic acids is 3. The van der Waals surface area contributed by atoms with Crippen molar-refractivity contribution in [3.8, 4) is 5.75 Å². The number of ketones is 2. The molecule has 0 saturated heterocycles. The first-order valence-electron chi connectivity index (χ1n) is 12.4. The lowest BCUT2D eigenvalue weighted by Gasteiger charge is -2.50. The number of rotatable bonds is 5. The van der Waals surface area contributed by atoms with Crippen LogP contribution in [0.2, 0.25) is 0 Å². The molecule has 0 saturated carbocycles. The predicted octanol–water partition coefficient (Wildman–Crippen LogP) is 2.09. The average Bonchev–Trinajstić information content (AvgIpc) is 2.87. The maximum absolute atomic E-state index is 13.8. The van der Waals surface area contributed by atoms with Crippen LogP contribution in [0.15, 0.2) is 65.1 Å². The van der Waals surface area contributed by atoms with Crippen molar-refractivity contribution in [2.45, 2.75) is 38.0 Å². The number of hydrogen-bond donors (Lipinski definition) is 4. The number of likely N-dealkylation sites (N-methyl/N-ethyl adjacent to an activating group) is 1. The van der Waals surface area contributed by atoms with Crippen LogP contribution in [0.4, 0.5) is 0 Å². The Morgan fingerprint density at radius 3 is 2.45 bits per heavy atom. The van der Waals surface area contributed by atoms with Gasteiger partial charge in [-0.15, -0.1) is 0 Å². The Morgan fingerprint density at radius 1 is 1.13 bits per heavy atom. The SMILES string of the molecule is Cc1ccc(O)c2c1C[C@H]1C[C@H]3[C@H](N(C)C)C(OCc4ccccc4)=C(C(N)=O)C(=O)[C@@]3(O)C(O)=C1C2=O. The van der Waals surface area contributed by atoms with Crippen molar-refractivity contribution in [2.24, 2.45) is 17.6 Å². The minimum atomic E-state index is -2.57. The molecule has 4 atom stereocenters. The summed E-state index contributed by atoms with van der Waals surface area (Å²) in [6.07, 6.45) is 0.475. The van der Waals surface area contributed by atoms with E-state index in [-0.39, 0.29) is 35.7 Å². The van der Waals surface area contributed by atoms with E-state index >= 15 is 0 Å². The molecule has 5 N–H and O–H groups in total. The number of primary amides is 1. The van der Waals surface area contributed by atoms with E-state index in [0.717, 1.165) is 11.1 Å². The van der Waals surface area contributed by atoms with E-state index in [1.54, 1.807) is 25.1 Å². The van der Waals surface area contributed by atoms with Crippen LogP contribution in [-0.2, 0) is 27.4 Å². The van der Waals surface area contributed by atoms with E-state index in [1.165, 1.54) is 6.07 Å². The molecule has 0 radical (unpaired) electrons. The summed E-state index contributed by atoms with van der Waals surface area (Å²) in [5.74, 6) is -5.34. The number of Topliss-reactive ketones (excluding diaryl/α,β-unsaturated/α-hetero) is 2. The van der Waals surface area contributed by atoms with Gasteiger partial charge in [0, 0.05) is 11.5 Å². The minimum Gasteiger partial charge on any atom is -0.508 e. The number of benzene rings is 2. The van der Waals surface area contributed by atoms with Gasteiger partial charge in [0.05, 0.1) is 11.6 Å². The van der Waals surface area contributed by atoms with Crippen LogP contribution in [0.25, 0.3) is 0 Å². The fraction of sp³-hybridized carbons (Fsp3) is 0.345. The Morgan fingerprint density at radius 2 is 1.82 bits per heavy atom. The Hall–Kier alpha value is -3.95. The third kappa shape index (κ3) is 3.65. The molecular weight excluding hydrogens is 488 g/mol. The largest absolute Gasteiger partial charge is 0.508 e. The van der Waals surface area contributed by atoms with Crippen LogP contribution < -0.4 is 5.73 Å². The van der Waals surface area contributed by atoms with Gasteiger partial charge in [0.25, 0.3) is 5.91 Å². The monoisotopic (exact) mass is 518 g/mol. The molecule has 0 unspecified atom stereocenters. The van der Waals surface area contributed by atoms with Gasteiger partial charge in [-0.05, 0) is 62.5 Å². The molecule has 0 aromatic heterocycles. The van der Waals surface area contributed by atoms with Gasteiger partial charge in [0.15, 0.2) is 11.4 Å². The number of allylic oxidation sites excluding steroid dienone is 1. The number of aliphatic hydroxyl groups excluding tert-OH is 1. The quantitative estimate of drug-likeness (QED) is 0.440. The number of phenolic OH excluding ortho intramolecular Hbond substituents is 1. The zero-order valence-corrected chi connectivity index (χ0v) is 21.4. The Labute approximate surface area is 219 Å². The molecule has 1 amide bonds. The number of aromatic hydroxyl groups is 1. The van der Waals surface area contributed by atoms with E-state index in [4.69, 9.17) is 10.5 Å². The second-order valence-corrected chi connectivity index (χ2v) is 10.5. The summed E-state index contributed by atoms with van der Waals surface area (Å²) in [5.41, 5.74) is 4.73. The second kappa shape index (κ2) is 9.11. The Balaban J connectivity index is 1.67. The standard InChI is InChI=1S/C29H30N2O7/c1-14-9-10-19(32)21-17(14)11-16-12-18-23(31(2)3)25(38-13-15-7-5-4-6-8-15)22(28(30)36)27(35)29(18,37)26(34)20(16)24(21)33/h4-10,16,18,23,32,34,37H,11-13H2,1-3H3,(H2,30,36)/t16-,18-,23-,29-/m0/s1. The molecule has 9 heteroatoms. The number of hydrogen-bond acceptors (Lipinski definition) is 8. The molecule has 0 aliphatic heterocycles. The summed E-state index contributed by atoms with van der Waals surface area (Å²) in [4.78, 5) is 41.7. The molecule has 198 valence electrons. The first-order valence-corrected chi connectivity index (χ1v) is 12.4. The summed E-state index contributed by atoms with van der Waals surface area (Å²) in [6, 6.07) is 11.5. The number of nitrogens with zero attached hydrogens (tertiary/aromatic N) is 1. The van der Waals surface area contributed by atoms with Crippen LogP contribution in [0, 0.1) is 18.8 Å². The van der Waals surface area contributed by atoms with Crippen LogP contribution in [0.5, 0.6) is 5.75 Å². The van der Waals surface area contributed by atoms with Crippen molar-refractivity contribution in [3.63, 3.8) is 0 Å². The molecule has 5 rings (SSSR count). The molecule has 2 aromatic rings. The van der Waals surface area contributed by atoms with Crippen LogP contribution >= 0.6 is 0 Å². The van der Waals surface area contributed by atoms with Crippen molar-refractivity contribution >= 4 is 17.5 Å². The van der Waals surface area contributed by atoms with Gasteiger partial charge in [-0.25, -0.2) is 0 Å². The highest BCUT2D eigenvalue weighted by Crippen LogP contribution is 2.52. The normalized spacial score (nSPS) is 26.7. The van der Waals surface area contributed by atoms with Gasteiger partial charge >= 0.3 is 0 Å². The van der Waals surface area contributed by atoms with E-state index in [0.29, 0.717) is 12.0 Å². The summed E-state index contributed by atoms with van der Waals surface area (Å²) in [6.45, 7) is 1.89. The van der Waals surface area contributed by atoms with E-state index in [9.17, 15) is 29.7 Å². The number of carbonyl (C=O) groups is 3. The van der Waals surface area contributed by atoms with Gasteiger partial charge in [-0.3, -0.25) is 19.3 Å². The van der Waals surface area contributed by atoms with Crippen LogP contribution in [0.3, 0.4) is 0 Å². The molecule has 0 bridgehead atoms. The fourth-order valence-electron chi connectivity index (χ4n) is 6.27. The topological polar surface area (TPSA) is 150 Å². The number of amides is 1. The fourth-order valence-corrected chi connectivity index (χ4v) is 6.27. The van der Waals surface area contributed by atoms with Crippen LogP contribution in [-0.4, -0.2) is 63.4 Å². The second-order valence-electron chi connectivity index (χ2n) is 10.5. The lowest BCUT2D eigenvalue weighted by Crippen LogP contribution is -2.64. The molecule has 0 heterocycles. The third-order valence-corrected chi connectivity index (χ3v) is 8.06. The highest BCUT2D eigenvalue weighted by atomic mass is 16.5. The van der Waals surface area contributed by atoms with E-state index in [1.807, 2.05) is 37.3 Å². The first kappa shape index (κ1) is 25.7. The van der Waals surface area contributed by atoms with Crippen LogP contribution in [0.1, 0.15) is 33.5 Å². The lowest BCUT2D eigenvalue weighted by molar-refractivity contribution is -0.149. The third-order valence-electron chi connectivity index (χ3n) is 8.06. The lowest BCUT2D eigenvalue weighted by atomic mass is 9.58. The molecule has 9 nitrogen and oxygen atoms in total. The predicted molar refractivity (Wildman–Crippen MR) is 137 cm³/mol. The maximum atomic E-state index is 13.8. The molecular formula is C29H30N2O7. The molecule has 0 fully saturated rings. The Kier molecular flexibility index (Phi) is 6.16. The molecule has 2 aromatic carbocycles. The number of fused-ring (bicyclic) bond motifs is 3. The zero-order chi connectivity index (χ0) is 27.5. The van der Waals surface area contributed by atoms with Gasteiger partial charge in [0.1, 0.15) is 29.4 Å². The maximum Gasteiger partial charge on any atom is 0.255 e. The highest BCUT2D eigenvalue weighted by molar-refractivity contribution is 6.24. The van der Waals surface area contributed by atoms with Crippen molar-refractivity contribution in [3.05, 3.63) is 87.4 Å². The van der Waals surface area contributed by atoms with Gasteiger partial charge in [0.2, 0.25) is 5.78 Å². The summed E-state index contributed by atoms with van der Waals surface area (Å²) < 4.78 is 6.07. The smallest absolute Gasteiger partial charge is 0.255 e. The number of aryl methyl sites for hydroxylation is 1. The molecule has 38 heavy (non-hydrogen) atoms. The first-order chi connectivity index (χ1) is 18.0. The van der Waals surface area contributed by atoms with Crippen molar-refractivity contribution in [1.29, 1.82) is 0 Å². The number of aliphatic hydroxyl groups is 2. The Bertz CT molecular complexity index is 1430. The number of ether oxygens (including phenoxy) is 1. The molecule has 0 spiro atoms. The van der Waals surface area contributed by atoms with Gasteiger partial charge in [-0.1, -0.05) is 36.4 Å². The summed E-state index contributed by atoms with van der Waals surface area (Å²) in [5, 5.41) is 33.8. The van der Waals surface area contributed by atoms with E-state index < -0.39 is 52.3 Å². The van der Waals surface area contributed by atoms with Crippen molar-refractivity contribution < 1.29 is 34.4 Å². The zero-order valence-electron chi connectivity index (χ0n) is 21.4. The average molecular weight is 519 g/mol. The molecule has 3 aliphatic carbocycles. The minimum absolute atomic E-state index is 0.0265. The summed E-state index contributed by atoms with van der Waals surface area (Å²) >= 11 is 0. The molecule has 3 aliphatic rings. The van der Waals surface area contributed by atoms with E-state index in [2.05, 4.69) is 0 Å². The number of phenols is 1. The van der Waals surface area contributed by atoms with Gasteiger partial charge in [-0.2, -0.15) is 0 Å².